The average molecular weight is 364 g/mol. The quantitative estimate of drug-likeness (QED) is 0.559. The summed E-state index contributed by atoms with van der Waals surface area (Å²) in [7, 11) is 0. The van der Waals surface area contributed by atoms with Crippen molar-refractivity contribution in [3.05, 3.63) is 0 Å². The molecule has 1 heterocycles. The van der Waals surface area contributed by atoms with Crippen LogP contribution >= 0.6 is 0 Å². The van der Waals surface area contributed by atoms with Crippen LogP contribution in [0.2, 0.25) is 0 Å². The van der Waals surface area contributed by atoms with Crippen LogP contribution in [0.3, 0.4) is 0 Å². The van der Waals surface area contributed by atoms with Crippen LogP contribution in [0.1, 0.15) is 46.0 Å². The van der Waals surface area contributed by atoms with Gasteiger partial charge in [0.25, 0.3) is 0 Å². The summed E-state index contributed by atoms with van der Waals surface area (Å²) in [5.41, 5.74) is -1.15. The third-order valence-electron chi connectivity index (χ3n) is 6.15. The Morgan fingerprint density at radius 2 is 1.81 bits per heavy atom. The van der Waals surface area contributed by atoms with E-state index in [1.54, 1.807) is 9.80 Å². The molecular weight excluding hydrogens is 336 g/mol. The number of Topliss-reactive ketones (excluding diaryl/α,β-unsaturated/α-hetero) is 2. The Balaban J connectivity index is 1.61. The highest BCUT2D eigenvalue weighted by Gasteiger charge is 2.60. The molecule has 3 unspecified atom stereocenters. The minimum absolute atomic E-state index is 0.00234. The van der Waals surface area contributed by atoms with Gasteiger partial charge in [0.1, 0.15) is 11.2 Å². The molecule has 0 radical (unpaired) electrons. The summed E-state index contributed by atoms with van der Waals surface area (Å²) in [6, 6.07) is 0. The van der Waals surface area contributed by atoms with E-state index >= 15 is 0 Å². The fraction of sp³-hybridized carbons (Fsp3) is 0.789. The van der Waals surface area contributed by atoms with Crippen molar-refractivity contribution in [3.63, 3.8) is 0 Å². The number of hydrogen-bond acceptors (Lipinski definition) is 5. The molecule has 0 aromatic carbocycles. The molecule has 0 N–H and O–H groups in total. The lowest BCUT2D eigenvalue weighted by atomic mass is 9.73. The van der Waals surface area contributed by atoms with Gasteiger partial charge in [-0.2, -0.15) is 0 Å². The molecule has 3 aliphatic rings. The zero-order valence-electron chi connectivity index (χ0n) is 15.7. The van der Waals surface area contributed by atoms with E-state index in [-0.39, 0.29) is 41.8 Å². The predicted octanol–water partition coefficient (Wildman–Crippen LogP) is 1.64. The SMILES string of the molecule is CCCCOC(=O)N1CCN(C(=O)C23CC(=O)CC(C2)C(C)C3=O)CC1. The average Bonchev–Trinajstić information content (AvgIpc) is 2.82. The van der Waals surface area contributed by atoms with E-state index in [1.165, 1.54) is 0 Å². The van der Waals surface area contributed by atoms with Crippen molar-refractivity contribution < 1.29 is 23.9 Å². The van der Waals surface area contributed by atoms with Gasteiger partial charge in [-0.05, 0) is 18.8 Å². The summed E-state index contributed by atoms with van der Waals surface area (Å²) in [4.78, 5) is 53.3. The van der Waals surface area contributed by atoms with Crippen molar-refractivity contribution in [2.75, 3.05) is 32.8 Å². The minimum Gasteiger partial charge on any atom is -0.449 e. The highest BCUT2D eigenvalue weighted by atomic mass is 16.6. The molecule has 26 heavy (non-hydrogen) atoms. The number of rotatable bonds is 4. The van der Waals surface area contributed by atoms with Crippen LogP contribution in [0.5, 0.6) is 0 Å². The Kier molecular flexibility index (Phi) is 5.34. The summed E-state index contributed by atoms with van der Waals surface area (Å²) in [5.74, 6) is -0.489. The molecule has 1 saturated heterocycles. The second kappa shape index (κ2) is 7.37. The van der Waals surface area contributed by atoms with Crippen LogP contribution in [0, 0.1) is 17.3 Å². The van der Waals surface area contributed by atoms with Crippen LogP contribution in [0.15, 0.2) is 0 Å². The van der Waals surface area contributed by atoms with Crippen molar-refractivity contribution >= 4 is 23.6 Å². The first-order valence-corrected chi connectivity index (χ1v) is 9.66. The van der Waals surface area contributed by atoms with E-state index in [0.29, 0.717) is 45.6 Å². The van der Waals surface area contributed by atoms with Gasteiger partial charge in [-0.25, -0.2) is 4.79 Å². The number of piperazine rings is 1. The van der Waals surface area contributed by atoms with Gasteiger partial charge in [0.05, 0.1) is 6.61 Å². The Hall–Kier alpha value is -1.92. The lowest BCUT2D eigenvalue weighted by Gasteiger charge is -2.39. The van der Waals surface area contributed by atoms with Gasteiger partial charge < -0.3 is 14.5 Å². The summed E-state index contributed by atoms with van der Waals surface area (Å²) in [6.07, 6.45) is 2.41. The van der Waals surface area contributed by atoms with E-state index < -0.39 is 5.41 Å². The van der Waals surface area contributed by atoms with Crippen LogP contribution < -0.4 is 0 Å². The number of hydrogen-bond donors (Lipinski definition) is 0. The summed E-state index contributed by atoms with van der Waals surface area (Å²) in [5, 5.41) is 0. The lowest BCUT2D eigenvalue weighted by Crippen LogP contribution is -2.56. The number of amides is 2. The van der Waals surface area contributed by atoms with E-state index in [9.17, 15) is 19.2 Å². The molecule has 3 atom stereocenters. The Morgan fingerprint density at radius 1 is 1.15 bits per heavy atom. The number of ether oxygens (including phenoxy) is 1. The van der Waals surface area contributed by atoms with Gasteiger partial charge in [-0.1, -0.05) is 20.3 Å². The zero-order chi connectivity index (χ0) is 18.9. The molecule has 2 amide bonds. The zero-order valence-corrected chi connectivity index (χ0v) is 15.7. The molecule has 144 valence electrons. The van der Waals surface area contributed by atoms with Gasteiger partial charge in [0.2, 0.25) is 5.91 Å². The van der Waals surface area contributed by atoms with Crippen molar-refractivity contribution in [2.45, 2.75) is 46.0 Å². The molecule has 3 fully saturated rings. The van der Waals surface area contributed by atoms with E-state index in [1.807, 2.05) is 13.8 Å². The third kappa shape index (κ3) is 3.23. The first kappa shape index (κ1) is 18.9. The van der Waals surface area contributed by atoms with Gasteiger partial charge >= 0.3 is 6.09 Å². The Morgan fingerprint density at radius 3 is 2.46 bits per heavy atom. The van der Waals surface area contributed by atoms with Gasteiger partial charge in [-0.3, -0.25) is 14.4 Å². The van der Waals surface area contributed by atoms with E-state index in [0.717, 1.165) is 12.8 Å². The number of fused-ring (bicyclic) bond motifs is 2. The molecule has 0 aromatic heterocycles. The fourth-order valence-electron chi connectivity index (χ4n) is 4.54. The molecule has 7 nitrogen and oxygen atoms in total. The molecule has 2 bridgehead atoms. The van der Waals surface area contributed by atoms with Crippen LogP contribution in [0.4, 0.5) is 4.79 Å². The number of carbonyl (C=O) groups is 4. The third-order valence-corrected chi connectivity index (χ3v) is 6.15. The first-order valence-electron chi connectivity index (χ1n) is 9.66. The molecule has 2 aliphatic carbocycles. The summed E-state index contributed by atoms with van der Waals surface area (Å²) in [6.45, 7) is 5.83. The van der Waals surface area contributed by atoms with E-state index in [2.05, 4.69) is 0 Å². The second-order valence-electron chi connectivity index (χ2n) is 7.87. The van der Waals surface area contributed by atoms with Gasteiger partial charge in [0, 0.05) is 44.9 Å². The normalized spacial score (nSPS) is 31.3. The van der Waals surface area contributed by atoms with Gasteiger partial charge in [-0.15, -0.1) is 0 Å². The molecule has 0 spiro atoms. The Labute approximate surface area is 154 Å². The summed E-state index contributed by atoms with van der Waals surface area (Å²) < 4.78 is 5.21. The monoisotopic (exact) mass is 364 g/mol. The van der Waals surface area contributed by atoms with Gasteiger partial charge in [0.15, 0.2) is 5.78 Å². The van der Waals surface area contributed by atoms with E-state index in [4.69, 9.17) is 4.74 Å². The molecular formula is C19H28N2O5. The van der Waals surface area contributed by atoms with Crippen LogP contribution in [-0.4, -0.2) is 66.2 Å². The number of nitrogens with zero attached hydrogens (tertiary/aromatic N) is 2. The van der Waals surface area contributed by atoms with Crippen LogP contribution in [0.25, 0.3) is 0 Å². The highest BCUT2D eigenvalue weighted by Crippen LogP contribution is 2.51. The van der Waals surface area contributed by atoms with Crippen molar-refractivity contribution in [3.8, 4) is 0 Å². The first-order chi connectivity index (χ1) is 12.4. The molecule has 1 aliphatic heterocycles. The summed E-state index contributed by atoms with van der Waals surface area (Å²) >= 11 is 0. The smallest absolute Gasteiger partial charge is 0.409 e. The topological polar surface area (TPSA) is 84.0 Å². The maximum absolute atomic E-state index is 13.1. The van der Waals surface area contributed by atoms with Crippen molar-refractivity contribution in [1.82, 2.24) is 9.80 Å². The predicted molar refractivity (Wildman–Crippen MR) is 93.4 cm³/mol. The maximum Gasteiger partial charge on any atom is 0.409 e. The standard InChI is InChI=1S/C19H28N2O5/c1-3-4-9-26-18(25)21-7-5-20(6-8-21)17(24)19-11-14(10-15(22)12-19)13(2)16(19)23/h13-14H,3-12H2,1-2H3. The van der Waals surface area contributed by atoms with Crippen molar-refractivity contribution in [1.29, 1.82) is 0 Å². The number of carbonyl (C=O) groups excluding carboxylic acids is 4. The molecule has 7 heteroatoms. The largest absolute Gasteiger partial charge is 0.449 e. The number of unbranched alkanes of at least 4 members (excludes halogenated alkanes) is 1. The van der Waals surface area contributed by atoms with Crippen molar-refractivity contribution in [2.24, 2.45) is 17.3 Å². The highest BCUT2D eigenvalue weighted by molar-refractivity contribution is 6.12. The minimum atomic E-state index is -1.15. The number of ketones is 2. The van der Waals surface area contributed by atoms with Crippen LogP contribution in [-0.2, 0) is 19.1 Å². The molecule has 3 rings (SSSR count). The molecule has 2 saturated carbocycles. The fourth-order valence-corrected chi connectivity index (χ4v) is 4.54. The molecule has 0 aromatic rings. The second-order valence-corrected chi connectivity index (χ2v) is 7.87. The lowest BCUT2D eigenvalue weighted by molar-refractivity contribution is -0.153. The Bertz CT molecular complexity index is 611. The maximum atomic E-state index is 13.1.